The van der Waals surface area contributed by atoms with Crippen LogP contribution in [0.3, 0.4) is 0 Å². The Kier molecular flexibility index (Phi) is 3.09. The Hall–Kier alpha value is -0.793. The first-order chi connectivity index (χ1) is 7.48. The average Bonchev–Trinajstić information content (AvgIpc) is 2.26. The van der Waals surface area contributed by atoms with Crippen molar-refractivity contribution in [3.63, 3.8) is 0 Å². The molecule has 0 heterocycles. The van der Waals surface area contributed by atoms with E-state index in [2.05, 4.69) is 62.5 Å². The van der Waals surface area contributed by atoms with E-state index in [9.17, 15) is 0 Å². The standard InChI is InChI=1S/C14H17ClSi/c1-11(16(2,3)15)13-9-8-12-6-4-5-7-14(12)10-13/h4-11H,1-3H3. The second-order valence-electron chi connectivity index (χ2n) is 4.89. The van der Waals surface area contributed by atoms with Crippen LogP contribution in [-0.4, -0.2) is 7.38 Å². The minimum Gasteiger partial charge on any atom is -0.167 e. The van der Waals surface area contributed by atoms with Crippen LogP contribution < -0.4 is 0 Å². The molecule has 0 saturated carbocycles. The Balaban J connectivity index is 2.47. The van der Waals surface area contributed by atoms with E-state index in [-0.39, 0.29) is 0 Å². The molecule has 2 aromatic carbocycles. The summed E-state index contributed by atoms with van der Waals surface area (Å²) in [6.07, 6.45) is 0. The lowest BCUT2D eigenvalue weighted by Gasteiger charge is -2.23. The molecule has 1 atom stereocenters. The molecule has 84 valence electrons. The molecule has 0 N–H and O–H groups in total. The summed E-state index contributed by atoms with van der Waals surface area (Å²) in [6, 6.07) is 15.1. The maximum Gasteiger partial charge on any atom is 0.157 e. The minimum absolute atomic E-state index is 0.485. The van der Waals surface area contributed by atoms with Crippen LogP contribution in [0, 0.1) is 0 Å². The number of halogens is 1. The highest BCUT2D eigenvalue weighted by Crippen LogP contribution is 2.31. The summed E-state index contributed by atoms with van der Waals surface area (Å²) in [5.74, 6) is 0. The first-order valence-electron chi connectivity index (χ1n) is 5.66. The normalized spacial score (nSPS) is 14.0. The van der Waals surface area contributed by atoms with Crippen molar-refractivity contribution in [2.24, 2.45) is 0 Å². The van der Waals surface area contributed by atoms with Crippen molar-refractivity contribution in [3.8, 4) is 0 Å². The van der Waals surface area contributed by atoms with E-state index < -0.39 is 7.38 Å². The van der Waals surface area contributed by atoms with Gasteiger partial charge in [0.05, 0.1) is 0 Å². The second-order valence-corrected chi connectivity index (χ2v) is 11.8. The van der Waals surface area contributed by atoms with Crippen molar-refractivity contribution in [3.05, 3.63) is 48.0 Å². The quantitative estimate of drug-likeness (QED) is 0.522. The molecule has 0 saturated heterocycles. The van der Waals surface area contributed by atoms with E-state index in [1.165, 1.54) is 16.3 Å². The predicted octanol–water partition coefficient (Wildman–Crippen LogP) is 4.93. The van der Waals surface area contributed by atoms with Crippen LogP contribution in [0.25, 0.3) is 10.8 Å². The molecular formula is C14H17ClSi. The van der Waals surface area contributed by atoms with Crippen molar-refractivity contribution < 1.29 is 0 Å². The smallest absolute Gasteiger partial charge is 0.157 e. The van der Waals surface area contributed by atoms with Gasteiger partial charge >= 0.3 is 0 Å². The molecule has 1 unspecified atom stereocenters. The van der Waals surface area contributed by atoms with Gasteiger partial charge in [-0.1, -0.05) is 62.5 Å². The van der Waals surface area contributed by atoms with Crippen LogP contribution in [0.5, 0.6) is 0 Å². The molecule has 0 aromatic heterocycles. The zero-order chi connectivity index (χ0) is 11.8. The van der Waals surface area contributed by atoms with Crippen molar-refractivity contribution in [2.75, 3.05) is 0 Å². The third-order valence-corrected chi connectivity index (χ3v) is 6.68. The van der Waals surface area contributed by atoms with Gasteiger partial charge in [-0.3, -0.25) is 0 Å². The molecule has 0 aliphatic heterocycles. The van der Waals surface area contributed by atoms with Gasteiger partial charge in [0.25, 0.3) is 0 Å². The largest absolute Gasteiger partial charge is 0.167 e. The van der Waals surface area contributed by atoms with Gasteiger partial charge in [-0.2, -0.15) is 11.1 Å². The highest BCUT2D eigenvalue weighted by molar-refractivity contribution is 7.19. The maximum atomic E-state index is 6.51. The van der Waals surface area contributed by atoms with Gasteiger partial charge in [0, 0.05) is 0 Å². The maximum absolute atomic E-state index is 6.51. The molecule has 0 spiro atoms. The van der Waals surface area contributed by atoms with E-state index in [1.807, 2.05) is 0 Å². The van der Waals surface area contributed by atoms with Gasteiger partial charge < -0.3 is 0 Å². The van der Waals surface area contributed by atoms with E-state index in [4.69, 9.17) is 11.1 Å². The Morgan fingerprint density at radius 1 is 1.00 bits per heavy atom. The van der Waals surface area contributed by atoms with E-state index in [0.717, 1.165) is 0 Å². The number of rotatable bonds is 2. The monoisotopic (exact) mass is 248 g/mol. The summed E-state index contributed by atoms with van der Waals surface area (Å²) in [6.45, 7) is 6.64. The SMILES string of the molecule is CC(c1ccc2ccccc2c1)[Si](C)(C)Cl. The number of fused-ring (bicyclic) bond motifs is 1. The van der Waals surface area contributed by atoms with Crippen LogP contribution in [-0.2, 0) is 0 Å². The second kappa shape index (κ2) is 4.23. The van der Waals surface area contributed by atoms with Crippen LogP contribution in [0.15, 0.2) is 42.5 Å². The van der Waals surface area contributed by atoms with Crippen LogP contribution in [0.1, 0.15) is 18.0 Å². The summed E-state index contributed by atoms with van der Waals surface area (Å²) in [5, 5.41) is 2.61. The molecule has 0 nitrogen and oxygen atoms in total. The fraction of sp³-hybridized carbons (Fsp3) is 0.286. The first kappa shape index (κ1) is 11.7. The Morgan fingerprint density at radius 2 is 1.62 bits per heavy atom. The average molecular weight is 249 g/mol. The predicted molar refractivity (Wildman–Crippen MR) is 75.7 cm³/mol. The summed E-state index contributed by atoms with van der Waals surface area (Å²) in [4.78, 5) is 0. The van der Waals surface area contributed by atoms with Crippen LogP contribution in [0.4, 0.5) is 0 Å². The van der Waals surface area contributed by atoms with Gasteiger partial charge in [0.2, 0.25) is 0 Å². The molecule has 16 heavy (non-hydrogen) atoms. The Labute approximate surface area is 103 Å². The van der Waals surface area contributed by atoms with Crippen LogP contribution >= 0.6 is 11.1 Å². The topological polar surface area (TPSA) is 0 Å². The lowest BCUT2D eigenvalue weighted by atomic mass is 10.1. The van der Waals surface area contributed by atoms with E-state index >= 15 is 0 Å². The Bertz CT molecular complexity index is 499. The van der Waals surface area contributed by atoms with Gasteiger partial charge in [-0.05, 0) is 21.9 Å². The molecule has 2 heteroatoms. The molecule has 0 radical (unpaired) electrons. The number of benzene rings is 2. The number of hydrogen-bond acceptors (Lipinski definition) is 0. The summed E-state index contributed by atoms with van der Waals surface area (Å²) in [5.41, 5.74) is 1.85. The summed E-state index contributed by atoms with van der Waals surface area (Å²) in [7, 11) is -1.62. The van der Waals surface area contributed by atoms with Gasteiger partial charge in [-0.25, -0.2) is 0 Å². The first-order valence-corrected chi connectivity index (χ1v) is 9.75. The molecule has 2 rings (SSSR count). The highest BCUT2D eigenvalue weighted by atomic mass is 35.6. The Morgan fingerprint density at radius 3 is 2.25 bits per heavy atom. The lowest BCUT2D eigenvalue weighted by Crippen LogP contribution is -2.25. The third-order valence-electron chi connectivity index (χ3n) is 3.30. The van der Waals surface area contributed by atoms with Gasteiger partial charge in [0.1, 0.15) is 0 Å². The number of hydrogen-bond donors (Lipinski definition) is 0. The van der Waals surface area contributed by atoms with E-state index in [0.29, 0.717) is 5.54 Å². The highest BCUT2D eigenvalue weighted by Gasteiger charge is 2.27. The molecule has 0 aliphatic rings. The zero-order valence-electron chi connectivity index (χ0n) is 10.00. The molecule has 0 fully saturated rings. The lowest BCUT2D eigenvalue weighted by molar-refractivity contribution is 1.04. The van der Waals surface area contributed by atoms with Crippen molar-refractivity contribution in [2.45, 2.75) is 25.6 Å². The van der Waals surface area contributed by atoms with Gasteiger partial charge in [-0.15, -0.1) is 0 Å². The van der Waals surface area contributed by atoms with E-state index in [1.54, 1.807) is 0 Å². The summed E-state index contributed by atoms with van der Waals surface area (Å²) < 4.78 is 0. The molecule has 2 aromatic rings. The third kappa shape index (κ3) is 2.31. The molecule has 0 bridgehead atoms. The molecule has 0 aliphatic carbocycles. The zero-order valence-corrected chi connectivity index (χ0v) is 11.8. The summed E-state index contributed by atoms with van der Waals surface area (Å²) >= 11 is 6.51. The molecule has 0 amide bonds. The van der Waals surface area contributed by atoms with Crippen molar-refractivity contribution >= 4 is 29.2 Å². The minimum atomic E-state index is -1.62. The fourth-order valence-electron chi connectivity index (χ4n) is 1.87. The van der Waals surface area contributed by atoms with Gasteiger partial charge in [0.15, 0.2) is 7.38 Å². The fourth-order valence-corrected chi connectivity index (χ4v) is 3.22. The van der Waals surface area contributed by atoms with Crippen molar-refractivity contribution in [1.82, 2.24) is 0 Å². The van der Waals surface area contributed by atoms with Crippen LogP contribution in [0.2, 0.25) is 13.1 Å². The van der Waals surface area contributed by atoms with Crippen molar-refractivity contribution in [1.29, 1.82) is 0 Å². The molecular weight excluding hydrogens is 232 g/mol.